The van der Waals surface area contributed by atoms with Crippen LogP contribution in [0.15, 0.2) is 11.6 Å². The number of hydrogen-bond acceptors (Lipinski definition) is 2. The van der Waals surface area contributed by atoms with Crippen LogP contribution >= 0.6 is 21.0 Å². The Morgan fingerprint density at radius 1 is 1.86 bits per heavy atom. The van der Waals surface area contributed by atoms with E-state index in [-0.39, 0.29) is 0 Å². The zero-order chi connectivity index (χ0) is 5.11. The number of rotatable bonds is 1. The molecule has 0 aromatic carbocycles. The average Bonchev–Trinajstić information content (AvgIpc) is 2.14. The van der Waals surface area contributed by atoms with E-state index in [1.54, 1.807) is 17.5 Å². The molecule has 1 heterocycles. The van der Waals surface area contributed by atoms with Crippen LogP contribution in [-0.2, 0) is 16.1 Å². The van der Waals surface area contributed by atoms with Gasteiger partial charge in [0.15, 0.2) is 0 Å². The number of hydrogen-bond donors (Lipinski definition) is 0. The van der Waals surface area contributed by atoms with Crippen molar-refractivity contribution in [3.63, 3.8) is 0 Å². The van der Waals surface area contributed by atoms with Crippen LogP contribution in [0.5, 0.6) is 0 Å². The van der Waals surface area contributed by atoms with Crippen molar-refractivity contribution in [2.75, 3.05) is 0 Å². The predicted molar refractivity (Wildman–Crippen MR) is 27.6 cm³/mol. The number of aromatic nitrogens is 1. The van der Waals surface area contributed by atoms with Gasteiger partial charge in [0.05, 0.1) is 0 Å². The maximum absolute atomic E-state index is 5.60. The van der Waals surface area contributed by atoms with Crippen molar-refractivity contribution in [3.05, 3.63) is 11.6 Å². The molecule has 0 N–H and O–H groups in total. The molecule has 0 aliphatic rings. The van der Waals surface area contributed by atoms with Crippen LogP contribution in [0.25, 0.3) is 0 Å². The van der Waals surface area contributed by atoms with Crippen LogP contribution in [0.1, 0.15) is 0 Å². The Morgan fingerprint density at radius 2 is 2.71 bits per heavy atom. The third kappa shape index (κ3) is 1.48. The van der Waals surface area contributed by atoms with Crippen LogP contribution in [0.3, 0.4) is 0 Å². The molecule has 1 aromatic heterocycles. The van der Waals surface area contributed by atoms with Gasteiger partial charge in [0.1, 0.15) is 0 Å². The molecular weight excluding hydrogens is 183 g/mol. The van der Waals surface area contributed by atoms with E-state index >= 15 is 0 Å². The third-order valence-corrected chi connectivity index (χ3v) is 6.03. The summed E-state index contributed by atoms with van der Waals surface area (Å²) in [7, 11) is 5.60. The van der Waals surface area contributed by atoms with Crippen LogP contribution < -0.4 is 3.60 Å². The Labute approximate surface area is 57.4 Å². The topological polar surface area (TPSA) is 12.9 Å². The number of nitrogens with zero attached hydrogens (tertiary/aromatic N) is 1. The number of thiazole rings is 1. The minimum absolute atomic E-state index is 0.846. The molecule has 0 aliphatic carbocycles. The van der Waals surface area contributed by atoms with Crippen molar-refractivity contribution >= 4 is 24.6 Å². The molecule has 1 rings (SSSR count). The third-order valence-electron chi connectivity index (χ3n) is 0.598. The van der Waals surface area contributed by atoms with Gasteiger partial charge in [0.2, 0.25) is 0 Å². The van der Waals surface area contributed by atoms with Crippen LogP contribution in [-0.4, -0.2) is 4.98 Å². The fourth-order valence-electron chi connectivity index (χ4n) is 0.319. The van der Waals surface area contributed by atoms with E-state index in [1.165, 1.54) is 3.60 Å². The van der Waals surface area contributed by atoms with Crippen molar-refractivity contribution < 1.29 is 16.1 Å². The molecule has 0 radical (unpaired) electrons. The van der Waals surface area contributed by atoms with Gasteiger partial charge < -0.3 is 0 Å². The van der Waals surface area contributed by atoms with Gasteiger partial charge in [-0.3, -0.25) is 0 Å². The van der Waals surface area contributed by atoms with E-state index in [1.807, 2.05) is 5.38 Å². The fourth-order valence-corrected chi connectivity index (χ4v) is 3.49. The van der Waals surface area contributed by atoms with E-state index in [9.17, 15) is 0 Å². The molecule has 0 atom stereocenters. The Bertz CT molecular complexity index is 129. The van der Waals surface area contributed by atoms with Crippen molar-refractivity contribution in [3.8, 4) is 0 Å². The van der Waals surface area contributed by atoms with E-state index in [0.717, 1.165) is 0 Å². The van der Waals surface area contributed by atoms with Crippen LogP contribution in [0, 0.1) is 0 Å². The summed E-state index contributed by atoms with van der Waals surface area (Å²) in [4.78, 5) is 4.00. The Balaban J connectivity index is 2.76. The molecule has 1 nitrogen and oxygen atoms in total. The van der Waals surface area contributed by atoms with Gasteiger partial charge in [-0.05, 0) is 0 Å². The normalized spacial score (nSPS) is 8.14. The molecule has 0 unspecified atom stereocenters. The van der Waals surface area contributed by atoms with Crippen molar-refractivity contribution in [2.45, 2.75) is 0 Å². The molecular formula is C3H2ClNSZn. The molecule has 0 saturated carbocycles. The summed E-state index contributed by atoms with van der Waals surface area (Å²) in [6.45, 7) is 0. The van der Waals surface area contributed by atoms with Gasteiger partial charge in [-0.1, -0.05) is 0 Å². The van der Waals surface area contributed by atoms with Gasteiger partial charge in [-0.15, -0.1) is 0 Å². The summed E-state index contributed by atoms with van der Waals surface area (Å²) >= 11 is 0.817. The molecule has 0 fully saturated rings. The van der Waals surface area contributed by atoms with Gasteiger partial charge in [0.25, 0.3) is 0 Å². The first-order valence-corrected chi connectivity index (χ1v) is 8.14. The minimum atomic E-state index is -0.846. The van der Waals surface area contributed by atoms with Gasteiger partial charge in [-0.25, -0.2) is 0 Å². The average molecular weight is 185 g/mol. The molecule has 34 valence electrons. The summed E-state index contributed by atoms with van der Waals surface area (Å²) in [5.74, 6) is 0. The Kier molecular flexibility index (Phi) is 2.23. The number of halogens is 1. The summed E-state index contributed by atoms with van der Waals surface area (Å²) in [5.41, 5.74) is 0. The first-order chi connectivity index (χ1) is 3.43. The van der Waals surface area contributed by atoms with Crippen molar-refractivity contribution in [2.24, 2.45) is 0 Å². The van der Waals surface area contributed by atoms with Crippen molar-refractivity contribution in [1.82, 2.24) is 4.98 Å². The Hall–Kier alpha value is 0.543. The second kappa shape index (κ2) is 2.75. The molecule has 0 saturated heterocycles. The van der Waals surface area contributed by atoms with E-state index in [4.69, 9.17) is 9.69 Å². The molecule has 0 amide bonds. The molecule has 7 heavy (non-hydrogen) atoms. The van der Waals surface area contributed by atoms with Gasteiger partial charge in [0, 0.05) is 0 Å². The summed E-state index contributed by atoms with van der Waals surface area (Å²) in [6, 6.07) is 0. The molecule has 1 aromatic rings. The van der Waals surface area contributed by atoms with Gasteiger partial charge >= 0.3 is 57.3 Å². The maximum atomic E-state index is 5.60. The van der Waals surface area contributed by atoms with Crippen molar-refractivity contribution in [1.29, 1.82) is 0 Å². The molecule has 4 heteroatoms. The monoisotopic (exact) mass is 183 g/mol. The summed E-state index contributed by atoms with van der Waals surface area (Å²) in [6.07, 6.45) is 1.80. The molecule has 0 bridgehead atoms. The quantitative estimate of drug-likeness (QED) is 0.594. The zero-order valence-electron chi connectivity index (χ0n) is 3.60. The summed E-state index contributed by atoms with van der Waals surface area (Å²) in [5, 5.41) is 1.96. The standard InChI is InChI=1S/C3H2NS.ClH.Zn/c1-2-5-3-4-1;;/h1-2H;1H;/q;;+1/p-1. The van der Waals surface area contributed by atoms with E-state index in [0.29, 0.717) is 0 Å². The van der Waals surface area contributed by atoms with E-state index < -0.39 is 16.1 Å². The SMILES string of the molecule is [Cl][Zn][c]1nccs1. The second-order valence-electron chi connectivity index (χ2n) is 1.06. The fraction of sp³-hybridized carbons (Fsp3) is 0. The second-order valence-corrected chi connectivity index (χ2v) is 6.47. The molecule has 0 spiro atoms. The van der Waals surface area contributed by atoms with Gasteiger partial charge in [-0.2, -0.15) is 0 Å². The molecule has 0 aliphatic heterocycles. The predicted octanol–water partition coefficient (Wildman–Crippen LogP) is 1.00. The first-order valence-electron chi connectivity index (χ1n) is 1.88. The summed E-state index contributed by atoms with van der Waals surface area (Å²) < 4.78 is 1.18. The first kappa shape index (κ1) is 5.68. The zero-order valence-corrected chi connectivity index (χ0v) is 8.13. The van der Waals surface area contributed by atoms with Crippen LogP contribution in [0.2, 0.25) is 0 Å². The Morgan fingerprint density at radius 3 is 3.00 bits per heavy atom. The van der Waals surface area contributed by atoms with Crippen LogP contribution in [0.4, 0.5) is 0 Å². The van der Waals surface area contributed by atoms with E-state index in [2.05, 4.69) is 4.98 Å².